The summed E-state index contributed by atoms with van der Waals surface area (Å²) in [6, 6.07) is 0. The van der Waals surface area contributed by atoms with Crippen LogP contribution in [0.3, 0.4) is 0 Å². The van der Waals surface area contributed by atoms with Gasteiger partial charge in [0.25, 0.3) is 0 Å². The van der Waals surface area contributed by atoms with Gasteiger partial charge in [0, 0.05) is 0 Å². The van der Waals surface area contributed by atoms with Crippen molar-refractivity contribution >= 4 is 6.29 Å². The van der Waals surface area contributed by atoms with Crippen LogP contribution < -0.4 is 0 Å². The maximum atomic E-state index is 9.81. The van der Waals surface area contributed by atoms with Crippen LogP contribution >= 0.6 is 0 Å². The van der Waals surface area contributed by atoms with Gasteiger partial charge in [-0.05, 0) is 18.9 Å². The molecule has 0 fully saturated rings. The monoisotopic (exact) mass is 150 g/mol. The van der Waals surface area contributed by atoms with E-state index in [1.54, 1.807) is 6.08 Å². The first-order chi connectivity index (χ1) is 5.41. The van der Waals surface area contributed by atoms with Crippen LogP contribution in [0.5, 0.6) is 0 Å². The number of carbonyl (C=O) groups excluding carboxylic acids is 1. The number of allylic oxidation sites excluding steroid dienone is 6. The Morgan fingerprint density at radius 1 is 1.00 bits per heavy atom. The SMILES string of the molecule is CCC=CCC=CC=CC=O. The van der Waals surface area contributed by atoms with Gasteiger partial charge in [-0.3, -0.25) is 4.79 Å². The second kappa shape index (κ2) is 8.89. The summed E-state index contributed by atoms with van der Waals surface area (Å²) in [7, 11) is 0. The average Bonchev–Trinajstić information content (AvgIpc) is 2.03. The van der Waals surface area contributed by atoms with Crippen molar-refractivity contribution in [2.75, 3.05) is 0 Å². The molecule has 0 unspecified atom stereocenters. The molecular weight excluding hydrogens is 136 g/mol. The molecule has 11 heavy (non-hydrogen) atoms. The first-order valence-corrected chi connectivity index (χ1v) is 3.83. The van der Waals surface area contributed by atoms with Crippen molar-refractivity contribution < 1.29 is 4.79 Å². The summed E-state index contributed by atoms with van der Waals surface area (Å²) in [6.07, 6.45) is 14.1. The maximum Gasteiger partial charge on any atom is 0.142 e. The summed E-state index contributed by atoms with van der Waals surface area (Å²) in [5.74, 6) is 0. The van der Waals surface area contributed by atoms with Crippen molar-refractivity contribution in [3.05, 3.63) is 36.5 Å². The lowest BCUT2D eigenvalue weighted by Gasteiger charge is -1.78. The van der Waals surface area contributed by atoms with Crippen LogP contribution in [0.25, 0.3) is 0 Å². The third-order valence-electron chi connectivity index (χ3n) is 1.11. The van der Waals surface area contributed by atoms with Crippen molar-refractivity contribution in [2.24, 2.45) is 0 Å². The molecule has 0 spiro atoms. The van der Waals surface area contributed by atoms with E-state index in [2.05, 4.69) is 19.1 Å². The zero-order valence-corrected chi connectivity index (χ0v) is 6.86. The summed E-state index contributed by atoms with van der Waals surface area (Å²) in [6.45, 7) is 2.10. The van der Waals surface area contributed by atoms with Crippen LogP contribution in [0.1, 0.15) is 19.8 Å². The van der Waals surface area contributed by atoms with E-state index in [0.29, 0.717) is 0 Å². The van der Waals surface area contributed by atoms with Crippen LogP contribution in [0.2, 0.25) is 0 Å². The standard InChI is InChI=1S/C10H14O/c1-2-3-4-5-6-7-8-9-10-11/h3-4,6-10H,2,5H2,1H3. The lowest BCUT2D eigenvalue weighted by molar-refractivity contribution is -0.104. The van der Waals surface area contributed by atoms with E-state index in [1.807, 2.05) is 12.2 Å². The van der Waals surface area contributed by atoms with Gasteiger partial charge in [-0.15, -0.1) is 0 Å². The summed E-state index contributed by atoms with van der Waals surface area (Å²) in [5.41, 5.74) is 0. The van der Waals surface area contributed by atoms with E-state index in [1.165, 1.54) is 6.08 Å². The highest BCUT2D eigenvalue weighted by molar-refractivity contribution is 5.65. The molecule has 0 radical (unpaired) electrons. The molecule has 0 N–H and O–H groups in total. The number of aldehydes is 1. The Balaban J connectivity index is 3.36. The van der Waals surface area contributed by atoms with Crippen LogP contribution in [-0.2, 0) is 4.79 Å². The van der Waals surface area contributed by atoms with Crippen LogP contribution in [-0.4, -0.2) is 6.29 Å². The van der Waals surface area contributed by atoms with Gasteiger partial charge in [0.1, 0.15) is 6.29 Å². The highest BCUT2D eigenvalue weighted by Crippen LogP contribution is 1.88. The Morgan fingerprint density at radius 3 is 2.45 bits per heavy atom. The van der Waals surface area contributed by atoms with Gasteiger partial charge >= 0.3 is 0 Å². The van der Waals surface area contributed by atoms with Crippen LogP contribution in [0, 0.1) is 0 Å². The minimum atomic E-state index is 0.770. The predicted molar refractivity (Wildman–Crippen MR) is 48.4 cm³/mol. The zero-order chi connectivity index (χ0) is 8.36. The Morgan fingerprint density at radius 2 is 1.82 bits per heavy atom. The number of hydrogen-bond donors (Lipinski definition) is 0. The predicted octanol–water partition coefficient (Wildman–Crippen LogP) is 2.65. The Hall–Kier alpha value is -1.11. The molecule has 0 heterocycles. The molecule has 0 rings (SSSR count). The first-order valence-electron chi connectivity index (χ1n) is 3.83. The van der Waals surface area contributed by atoms with E-state index < -0.39 is 0 Å². The van der Waals surface area contributed by atoms with Gasteiger partial charge in [-0.25, -0.2) is 0 Å². The fourth-order valence-corrected chi connectivity index (χ4v) is 0.608. The topological polar surface area (TPSA) is 17.1 Å². The van der Waals surface area contributed by atoms with Crippen LogP contribution in [0.15, 0.2) is 36.5 Å². The zero-order valence-electron chi connectivity index (χ0n) is 6.86. The molecule has 0 amide bonds. The summed E-state index contributed by atoms with van der Waals surface area (Å²) in [4.78, 5) is 9.81. The van der Waals surface area contributed by atoms with E-state index in [-0.39, 0.29) is 0 Å². The van der Waals surface area contributed by atoms with Crippen molar-refractivity contribution in [3.8, 4) is 0 Å². The van der Waals surface area contributed by atoms with Gasteiger partial charge in [0.2, 0.25) is 0 Å². The molecule has 0 aromatic rings. The van der Waals surface area contributed by atoms with Gasteiger partial charge in [-0.1, -0.05) is 37.3 Å². The average molecular weight is 150 g/mol. The fourth-order valence-electron chi connectivity index (χ4n) is 0.608. The minimum absolute atomic E-state index is 0.770. The highest BCUT2D eigenvalue weighted by Gasteiger charge is 1.68. The highest BCUT2D eigenvalue weighted by atomic mass is 16.1. The molecule has 0 atom stereocenters. The van der Waals surface area contributed by atoms with E-state index in [4.69, 9.17) is 0 Å². The molecule has 1 nitrogen and oxygen atoms in total. The minimum Gasteiger partial charge on any atom is -0.299 e. The summed E-state index contributed by atoms with van der Waals surface area (Å²) in [5, 5.41) is 0. The van der Waals surface area contributed by atoms with Crippen LogP contribution in [0.4, 0.5) is 0 Å². The maximum absolute atomic E-state index is 9.81. The number of rotatable bonds is 5. The molecule has 60 valence electrons. The van der Waals surface area contributed by atoms with Gasteiger partial charge in [-0.2, -0.15) is 0 Å². The number of hydrogen-bond acceptors (Lipinski definition) is 1. The molecule has 0 bridgehead atoms. The molecular formula is C10H14O. The number of carbonyl (C=O) groups is 1. The molecule has 0 aromatic heterocycles. The second-order valence-electron chi connectivity index (χ2n) is 2.06. The van der Waals surface area contributed by atoms with Crippen molar-refractivity contribution in [1.82, 2.24) is 0 Å². The lowest BCUT2D eigenvalue weighted by Crippen LogP contribution is -1.59. The molecule has 0 aliphatic carbocycles. The normalized spacial score (nSPS) is 12.1. The largest absolute Gasteiger partial charge is 0.299 e. The third-order valence-corrected chi connectivity index (χ3v) is 1.11. The van der Waals surface area contributed by atoms with E-state index >= 15 is 0 Å². The Bertz CT molecular complexity index is 164. The van der Waals surface area contributed by atoms with Crippen molar-refractivity contribution in [2.45, 2.75) is 19.8 Å². The molecule has 0 aliphatic heterocycles. The van der Waals surface area contributed by atoms with E-state index in [9.17, 15) is 4.79 Å². The third kappa shape index (κ3) is 8.89. The summed E-state index contributed by atoms with van der Waals surface area (Å²) < 4.78 is 0. The van der Waals surface area contributed by atoms with Crippen molar-refractivity contribution in [1.29, 1.82) is 0 Å². The van der Waals surface area contributed by atoms with Gasteiger partial charge in [0.15, 0.2) is 0 Å². The van der Waals surface area contributed by atoms with E-state index in [0.717, 1.165) is 19.1 Å². The molecule has 0 saturated carbocycles. The smallest absolute Gasteiger partial charge is 0.142 e. The quantitative estimate of drug-likeness (QED) is 0.255. The first kappa shape index (κ1) is 9.89. The Labute approximate surface area is 68.1 Å². The van der Waals surface area contributed by atoms with Gasteiger partial charge in [0.05, 0.1) is 0 Å². The molecule has 0 saturated heterocycles. The molecule has 0 aromatic carbocycles. The molecule has 0 aliphatic rings. The lowest BCUT2D eigenvalue weighted by atomic mass is 10.3. The van der Waals surface area contributed by atoms with Crippen molar-refractivity contribution in [3.63, 3.8) is 0 Å². The summed E-state index contributed by atoms with van der Waals surface area (Å²) >= 11 is 0. The molecule has 1 heteroatoms. The van der Waals surface area contributed by atoms with Gasteiger partial charge < -0.3 is 0 Å². The Kier molecular flexibility index (Phi) is 7.99. The second-order valence-corrected chi connectivity index (χ2v) is 2.06. The fraction of sp³-hybridized carbons (Fsp3) is 0.300.